The van der Waals surface area contributed by atoms with E-state index in [1.165, 1.54) is 19.1 Å². The van der Waals surface area contributed by atoms with E-state index in [0.717, 1.165) is 30.3 Å². The number of esters is 1. The van der Waals surface area contributed by atoms with Crippen LogP contribution >= 0.6 is 0 Å². The van der Waals surface area contributed by atoms with Crippen LogP contribution in [0.25, 0.3) is 0 Å². The Balaban J connectivity index is 1.78. The Morgan fingerprint density at radius 1 is 1.16 bits per heavy atom. The first-order valence-corrected chi connectivity index (χ1v) is 10.5. The summed E-state index contributed by atoms with van der Waals surface area (Å²) < 4.78 is 33.1. The lowest BCUT2D eigenvalue weighted by Gasteiger charge is -2.41. The number of hydrogen-bond donors (Lipinski definition) is 1. The van der Waals surface area contributed by atoms with E-state index in [1.54, 1.807) is 6.92 Å². The minimum absolute atomic E-state index is 0.129. The summed E-state index contributed by atoms with van der Waals surface area (Å²) in [4.78, 5) is 26.3. The molecule has 166 valence electrons. The molecule has 0 spiro atoms. The fourth-order valence-corrected chi connectivity index (χ4v) is 4.21. The van der Waals surface area contributed by atoms with Gasteiger partial charge in [-0.25, -0.2) is 8.78 Å². The highest BCUT2D eigenvalue weighted by Crippen LogP contribution is 2.36. The lowest BCUT2D eigenvalue weighted by molar-refractivity contribution is -0.159. The monoisotopic (exact) mass is 430 g/mol. The molecule has 1 amide bonds. The number of nitrogens with one attached hydrogen (secondary N) is 1. The van der Waals surface area contributed by atoms with Gasteiger partial charge >= 0.3 is 5.97 Å². The summed E-state index contributed by atoms with van der Waals surface area (Å²) in [5.41, 5.74) is 1.20. The molecule has 0 saturated carbocycles. The normalized spacial score (nSPS) is 19.1. The van der Waals surface area contributed by atoms with Crippen molar-refractivity contribution in [1.29, 1.82) is 0 Å². The van der Waals surface area contributed by atoms with Crippen LogP contribution in [0.5, 0.6) is 0 Å². The van der Waals surface area contributed by atoms with E-state index in [0.29, 0.717) is 25.1 Å². The molecule has 1 heterocycles. The number of carbonyl (C=O) groups is 2. The van der Waals surface area contributed by atoms with Crippen LogP contribution in [0.1, 0.15) is 37.8 Å². The fraction of sp³-hybridized carbons (Fsp3) is 0.417. The lowest BCUT2D eigenvalue weighted by atomic mass is 9.74. The summed E-state index contributed by atoms with van der Waals surface area (Å²) >= 11 is 0. The van der Waals surface area contributed by atoms with Gasteiger partial charge in [0.15, 0.2) is 0 Å². The van der Waals surface area contributed by atoms with E-state index in [1.807, 2.05) is 24.3 Å². The van der Waals surface area contributed by atoms with Crippen molar-refractivity contribution in [2.75, 3.05) is 25.0 Å². The number of carbonyl (C=O) groups excluding carboxylic acids is 2. The van der Waals surface area contributed by atoms with Crippen LogP contribution in [-0.2, 0) is 27.3 Å². The van der Waals surface area contributed by atoms with E-state index in [9.17, 15) is 18.4 Å². The number of benzene rings is 2. The number of likely N-dealkylation sites (tertiary alicyclic amines) is 1. The predicted octanol–water partition coefficient (Wildman–Crippen LogP) is 4.31. The largest absolute Gasteiger partial charge is 0.466 e. The Kier molecular flexibility index (Phi) is 7.38. The number of nitrogens with zero attached hydrogens (tertiary/aromatic N) is 1. The van der Waals surface area contributed by atoms with Crippen molar-refractivity contribution in [3.63, 3.8) is 0 Å². The third-order valence-electron chi connectivity index (χ3n) is 5.59. The molecule has 1 atom stereocenters. The quantitative estimate of drug-likeness (QED) is 0.665. The second-order valence-electron chi connectivity index (χ2n) is 8.11. The number of hydrogen-bond acceptors (Lipinski definition) is 4. The number of rotatable bonds is 7. The van der Waals surface area contributed by atoms with Gasteiger partial charge < -0.3 is 10.1 Å². The first kappa shape index (κ1) is 22.9. The van der Waals surface area contributed by atoms with Crippen LogP contribution in [0.3, 0.4) is 0 Å². The van der Waals surface area contributed by atoms with Crippen LogP contribution in [-0.4, -0.2) is 36.5 Å². The zero-order valence-electron chi connectivity index (χ0n) is 17.9. The molecule has 1 unspecified atom stereocenters. The Bertz CT molecular complexity index is 933. The lowest BCUT2D eigenvalue weighted by Crippen LogP contribution is -2.49. The number of halogens is 2. The van der Waals surface area contributed by atoms with Gasteiger partial charge in [-0.3, -0.25) is 14.5 Å². The summed E-state index contributed by atoms with van der Waals surface area (Å²) in [6.45, 7) is 5.31. The first-order valence-electron chi connectivity index (χ1n) is 10.5. The molecule has 1 saturated heterocycles. The van der Waals surface area contributed by atoms with Crippen molar-refractivity contribution in [2.24, 2.45) is 5.41 Å². The Labute approximate surface area is 181 Å². The van der Waals surface area contributed by atoms with Crippen LogP contribution in [0.2, 0.25) is 0 Å². The van der Waals surface area contributed by atoms with Crippen molar-refractivity contribution in [1.82, 2.24) is 4.90 Å². The van der Waals surface area contributed by atoms with Crippen LogP contribution in [0.4, 0.5) is 14.5 Å². The molecule has 0 bridgehead atoms. The van der Waals surface area contributed by atoms with Gasteiger partial charge in [0.1, 0.15) is 11.6 Å². The molecule has 2 aromatic carbocycles. The average Bonchev–Trinajstić information content (AvgIpc) is 2.72. The van der Waals surface area contributed by atoms with Crippen molar-refractivity contribution < 1.29 is 23.1 Å². The summed E-state index contributed by atoms with van der Waals surface area (Å²) in [5.74, 6) is -1.76. The second kappa shape index (κ2) is 10.0. The van der Waals surface area contributed by atoms with E-state index in [-0.39, 0.29) is 24.9 Å². The van der Waals surface area contributed by atoms with Gasteiger partial charge in [-0.1, -0.05) is 18.2 Å². The van der Waals surface area contributed by atoms with Crippen LogP contribution in [0.15, 0.2) is 42.5 Å². The standard InChI is InChI=1S/C24H28F2N2O3/c1-3-31-23(30)24(14-19-7-8-20(25)13-22(19)26)11-4-12-28(16-24)15-18-5-9-21(10-6-18)27-17(2)29/h5-10,13H,3-4,11-12,14-16H2,1-2H3,(H,27,29). The van der Waals surface area contributed by atoms with Gasteiger partial charge in [-0.05, 0) is 62.1 Å². The van der Waals surface area contributed by atoms with E-state index >= 15 is 0 Å². The van der Waals surface area contributed by atoms with Gasteiger partial charge in [0.05, 0.1) is 12.0 Å². The highest BCUT2D eigenvalue weighted by molar-refractivity contribution is 5.88. The Morgan fingerprint density at radius 2 is 1.90 bits per heavy atom. The molecule has 0 radical (unpaired) electrons. The number of amides is 1. The minimum Gasteiger partial charge on any atom is -0.466 e. The minimum atomic E-state index is -0.886. The van der Waals surface area contributed by atoms with Gasteiger partial charge in [-0.15, -0.1) is 0 Å². The molecule has 3 rings (SSSR count). The highest BCUT2D eigenvalue weighted by Gasteiger charge is 2.44. The molecular weight excluding hydrogens is 402 g/mol. The summed E-state index contributed by atoms with van der Waals surface area (Å²) in [5, 5.41) is 2.74. The van der Waals surface area contributed by atoms with Crippen molar-refractivity contribution in [3.05, 3.63) is 65.2 Å². The molecule has 1 aliphatic rings. The number of piperidine rings is 1. The predicted molar refractivity (Wildman–Crippen MR) is 114 cm³/mol. The maximum atomic E-state index is 14.4. The Hall–Kier alpha value is -2.80. The van der Waals surface area contributed by atoms with Crippen LogP contribution in [0, 0.1) is 17.0 Å². The van der Waals surface area contributed by atoms with Gasteiger partial charge in [0.2, 0.25) is 5.91 Å². The highest BCUT2D eigenvalue weighted by atomic mass is 19.1. The first-order chi connectivity index (χ1) is 14.8. The molecule has 1 aliphatic heterocycles. The topological polar surface area (TPSA) is 58.6 Å². The summed E-state index contributed by atoms with van der Waals surface area (Å²) in [6.07, 6.45) is 1.52. The second-order valence-corrected chi connectivity index (χ2v) is 8.11. The molecule has 1 fully saturated rings. The molecule has 5 nitrogen and oxygen atoms in total. The molecule has 0 aliphatic carbocycles. The maximum Gasteiger partial charge on any atom is 0.313 e. The Morgan fingerprint density at radius 3 is 2.55 bits per heavy atom. The van der Waals surface area contributed by atoms with Crippen molar-refractivity contribution in [2.45, 2.75) is 39.7 Å². The third kappa shape index (κ3) is 5.88. The van der Waals surface area contributed by atoms with E-state index in [4.69, 9.17) is 4.74 Å². The zero-order valence-corrected chi connectivity index (χ0v) is 17.9. The van der Waals surface area contributed by atoms with Crippen molar-refractivity contribution in [3.8, 4) is 0 Å². The smallest absolute Gasteiger partial charge is 0.313 e. The van der Waals surface area contributed by atoms with Crippen LogP contribution < -0.4 is 5.32 Å². The molecule has 0 aromatic heterocycles. The van der Waals surface area contributed by atoms with Gasteiger partial charge in [0, 0.05) is 31.8 Å². The van der Waals surface area contributed by atoms with E-state index in [2.05, 4.69) is 10.2 Å². The fourth-order valence-electron chi connectivity index (χ4n) is 4.21. The molecule has 7 heteroatoms. The maximum absolute atomic E-state index is 14.4. The molecule has 2 aromatic rings. The molecule has 1 N–H and O–H groups in total. The van der Waals surface area contributed by atoms with E-state index < -0.39 is 17.0 Å². The zero-order chi connectivity index (χ0) is 22.4. The SMILES string of the molecule is CCOC(=O)C1(Cc2ccc(F)cc2F)CCCN(Cc2ccc(NC(C)=O)cc2)C1. The van der Waals surface area contributed by atoms with Gasteiger partial charge in [0.25, 0.3) is 0 Å². The number of anilines is 1. The average molecular weight is 430 g/mol. The third-order valence-corrected chi connectivity index (χ3v) is 5.59. The van der Waals surface area contributed by atoms with Crippen molar-refractivity contribution >= 4 is 17.6 Å². The van der Waals surface area contributed by atoms with Gasteiger partial charge in [-0.2, -0.15) is 0 Å². The summed E-state index contributed by atoms with van der Waals surface area (Å²) in [6, 6.07) is 11.0. The molecular formula is C24H28F2N2O3. The number of ether oxygens (including phenoxy) is 1. The summed E-state index contributed by atoms with van der Waals surface area (Å²) in [7, 11) is 0. The molecule has 31 heavy (non-hydrogen) atoms.